The lowest BCUT2D eigenvalue weighted by molar-refractivity contribution is -0.130. The van der Waals surface area contributed by atoms with E-state index in [-0.39, 0.29) is 18.4 Å². The molecule has 8 nitrogen and oxygen atoms in total. The molecule has 0 saturated heterocycles. The maximum atomic E-state index is 12.8. The summed E-state index contributed by atoms with van der Waals surface area (Å²) in [4.78, 5) is 17.2. The Kier molecular flexibility index (Phi) is 4.04. The van der Waals surface area contributed by atoms with E-state index in [2.05, 4.69) is 4.99 Å². The Balaban J connectivity index is 1.53. The molecule has 8 heteroatoms. The van der Waals surface area contributed by atoms with Crippen LogP contribution in [0.25, 0.3) is 11.3 Å². The van der Waals surface area contributed by atoms with Crippen molar-refractivity contribution in [2.75, 3.05) is 13.9 Å². The van der Waals surface area contributed by atoms with Gasteiger partial charge in [0.15, 0.2) is 23.0 Å². The monoisotopic (exact) mass is 429 g/mol. The average molecular weight is 429 g/mol. The molecule has 6 rings (SSSR count). The van der Waals surface area contributed by atoms with E-state index < -0.39 is 5.97 Å². The van der Waals surface area contributed by atoms with E-state index in [1.54, 1.807) is 43.5 Å². The van der Waals surface area contributed by atoms with Gasteiger partial charge in [0.2, 0.25) is 6.79 Å². The molecule has 0 atom stereocenters. The van der Waals surface area contributed by atoms with Crippen LogP contribution < -0.4 is 18.9 Å². The molecule has 0 fully saturated rings. The highest BCUT2D eigenvalue weighted by atomic mass is 16.7. The zero-order valence-corrected chi connectivity index (χ0v) is 16.8. The van der Waals surface area contributed by atoms with E-state index in [0.29, 0.717) is 45.7 Å². The van der Waals surface area contributed by atoms with E-state index in [0.717, 1.165) is 5.56 Å². The zero-order valence-electron chi connectivity index (χ0n) is 16.8. The van der Waals surface area contributed by atoms with Crippen LogP contribution in [0.5, 0.6) is 23.0 Å². The molecule has 0 N–H and O–H groups in total. The van der Waals surface area contributed by atoms with Crippen LogP contribution in [0.4, 0.5) is 0 Å². The number of fused-ring (bicyclic) bond motifs is 2. The van der Waals surface area contributed by atoms with Crippen molar-refractivity contribution in [3.8, 4) is 23.0 Å². The van der Waals surface area contributed by atoms with E-state index in [1.807, 2.05) is 18.2 Å². The number of aliphatic imine (C=N–C) groups is 1. The van der Waals surface area contributed by atoms with Gasteiger partial charge in [-0.25, -0.2) is 9.79 Å². The number of benzene rings is 2. The number of cyclic esters (lactones) is 1. The van der Waals surface area contributed by atoms with Gasteiger partial charge < -0.3 is 28.1 Å². The summed E-state index contributed by atoms with van der Waals surface area (Å²) in [6.45, 7) is 0.173. The van der Waals surface area contributed by atoms with Gasteiger partial charge in [-0.2, -0.15) is 0 Å². The minimum Gasteiger partial charge on any atom is -0.497 e. The fourth-order valence-electron chi connectivity index (χ4n) is 3.66. The van der Waals surface area contributed by atoms with Crippen LogP contribution in [0.3, 0.4) is 0 Å². The molecule has 0 unspecified atom stereocenters. The van der Waals surface area contributed by atoms with Crippen molar-refractivity contribution in [3.63, 3.8) is 0 Å². The summed E-state index contributed by atoms with van der Waals surface area (Å²) in [6.07, 6.45) is 3.24. The molecule has 0 radical (unpaired) electrons. The molecule has 0 amide bonds. The molecule has 1 aromatic heterocycles. The molecular formula is C24H15NO7. The first kappa shape index (κ1) is 18.3. The minimum absolute atomic E-state index is 0.108. The van der Waals surface area contributed by atoms with Crippen molar-refractivity contribution in [3.05, 3.63) is 83.5 Å². The van der Waals surface area contributed by atoms with Gasteiger partial charge in [0, 0.05) is 16.7 Å². The number of hydrogen-bond donors (Lipinski definition) is 0. The normalized spacial score (nSPS) is 18.5. The highest BCUT2D eigenvalue weighted by Gasteiger charge is 2.32. The fraction of sp³-hybridized carbons (Fsp3) is 0.0833. The van der Waals surface area contributed by atoms with Crippen molar-refractivity contribution in [1.82, 2.24) is 0 Å². The molecule has 2 aromatic carbocycles. The number of esters is 1. The smallest absolute Gasteiger partial charge is 0.364 e. The van der Waals surface area contributed by atoms with Crippen molar-refractivity contribution in [1.29, 1.82) is 0 Å². The summed E-state index contributed by atoms with van der Waals surface area (Å²) in [5.74, 6) is 2.88. The van der Waals surface area contributed by atoms with E-state index in [4.69, 9.17) is 28.1 Å². The van der Waals surface area contributed by atoms with Crippen LogP contribution in [-0.2, 0) is 9.53 Å². The minimum atomic E-state index is -0.580. The predicted octanol–water partition coefficient (Wildman–Crippen LogP) is 4.17. The Morgan fingerprint density at radius 2 is 1.84 bits per heavy atom. The molecule has 0 saturated carbocycles. The Hall–Kier alpha value is -4.46. The number of furan rings is 1. The summed E-state index contributed by atoms with van der Waals surface area (Å²) in [5.41, 5.74) is 2.11. The van der Waals surface area contributed by atoms with E-state index in [9.17, 15) is 4.79 Å². The third kappa shape index (κ3) is 2.92. The first-order valence-electron chi connectivity index (χ1n) is 9.76. The highest BCUT2D eigenvalue weighted by Crippen LogP contribution is 2.43. The average Bonchev–Trinajstić information content (AvgIpc) is 3.58. The van der Waals surface area contributed by atoms with Crippen molar-refractivity contribution in [2.24, 2.45) is 4.99 Å². The Morgan fingerprint density at radius 3 is 2.69 bits per heavy atom. The lowest BCUT2D eigenvalue weighted by atomic mass is 9.97. The second kappa shape index (κ2) is 7.05. The second-order valence-corrected chi connectivity index (χ2v) is 7.09. The molecule has 32 heavy (non-hydrogen) atoms. The van der Waals surface area contributed by atoms with Crippen LogP contribution in [-0.4, -0.2) is 25.8 Å². The standard InChI is InChI=1S/C24H15NO7/c1-27-14-5-7-17-15(10-14)16(22-24(26)32-23(25-22)19-3-2-8-28-19)11-20(31-17)13-4-6-18-21(9-13)30-12-29-18/h2-11H,12H2,1H3/b22-16-. The fourth-order valence-corrected chi connectivity index (χ4v) is 3.66. The van der Waals surface area contributed by atoms with Gasteiger partial charge in [-0.3, -0.25) is 0 Å². The molecule has 0 aliphatic carbocycles. The molecule has 3 aromatic rings. The summed E-state index contributed by atoms with van der Waals surface area (Å²) >= 11 is 0. The van der Waals surface area contributed by atoms with Crippen LogP contribution in [0.2, 0.25) is 0 Å². The largest absolute Gasteiger partial charge is 0.497 e. The maximum Gasteiger partial charge on any atom is 0.364 e. The van der Waals surface area contributed by atoms with E-state index >= 15 is 0 Å². The van der Waals surface area contributed by atoms with Gasteiger partial charge in [0.1, 0.15) is 17.3 Å². The van der Waals surface area contributed by atoms with Gasteiger partial charge in [-0.15, -0.1) is 0 Å². The van der Waals surface area contributed by atoms with Crippen LogP contribution in [0, 0.1) is 0 Å². The first-order chi connectivity index (χ1) is 15.7. The molecule has 0 spiro atoms. The van der Waals surface area contributed by atoms with Crippen LogP contribution in [0.15, 0.2) is 76.0 Å². The van der Waals surface area contributed by atoms with Gasteiger partial charge in [0.25, 0.3) is 5.90 Å². The molecule has 4 heterocycles. The number of methoxy groups -OCH3 is 1. The van der Waals surface area contributed by atoms with Gasteiger partial charge in [-0.1, -0.05) is 0 Å². The number of allylic oxidation sites excluding steroid dienone is 2. The molecule has 3 aliphatic rings. The molecule has 0 bridgehead atoms. The van der Waals surface area contributed by atoms with Crippen LogP contribution in [0.1, 0.15) is 16.9 Å². The van der Waals surface area contributed by atoms with E-state index in [1.165, 1.54) is 6.26 Å². The SMILES string of the molecule is COc1ccc2c(c1)/C(=C1\N=C(c3ccco3)OC1=O)C=C(c1ccc3c(c1)OCO3)O2. The lowest BCUT2D eigenvalue weighted by Crippen LogP contribution is -2.08. The van der Waals surface area contributed by atoms with Crippen molar-refractivity contribution >= 4 is 23.2 Å². The number of hydrogen-bond acceptors (Lipinski definition) is 8. The summed E-state index contributed by atoms with van der Waals surface area (Å²) in [5, 5.41) is 0. The van der Waals surface area contributed by atoms with Gasteiger partial charge in [-0.05, 0) is 54.6 Å². The van der Waals surface area contributed by atoms with Gasteiger partial charge >= 0.3 is 5.97 Å². The summed E-state index contributed by atoms with van der Waals surface area (Å²) in [7, 11) is 1.57. The quantitative estimate of drug-likeness (QED) is 0.456. The topological polar surface area (TPSA) is 88.7 Å². The molecule has 158 valence electrons. The molecule has 3 aliphatic heterocycles. The zero-order chi connectivity index (χ0) is 21.7. The van der Waals surface area contributed by atoms with Crippen molar-refractivity contribution < 1.29 is 32.9 Å². The molecular weight excluding hydrogens is 414 g/mol. The second-order valence-electron chi connectivity index (χ2n) is 7.09. The summed E-state index contributed by atoms with van der Waals surface area (Å²) in [6, 6.07) is 14.2. The van der Waals surface area contributed by atoms with Crippen molar-refractivity contribution in [2.45, 2.75) is 0 Å². The third-order valence-corrected chi connectivity index (χ3v) is 5.21. The number of nitrogens with zero attached hydrogens (tertiary/aromatic N) is 1. The Morgan fingerprint density at radius 1 is 0.969 bits per heavy atom. The maximum absolute atomic E-state index is 12.8. The van der Waals surface area contributed by atoms with Crippen LogP contribution >= 0.6 is 0 Å². The number of carbonyl (C=O) groups is 1. The highest BCUT2D eigenvalue weighted by molar-refractivity contribution is 6.15. The first-order valence-corrected chi connectivity index (χ1v) is 9.76. The summed E-state index contributed by atoms with van der Waals surface area (Å²) < 4.78 is 33.1. The predicted molar refractivity (Wildman–Crippen MR) is 112 cm³/mol. The Bertz CT molecular complexity index is 1350. The number of ether oxygens (including phenoxy) is 5. The lowest BCUT2D eigenvalue weighted by Gasteiger charge is -2.21. The number of rotatable bonds is 3. The van der Waals surface area contributed by atoms with Gasteiger partial charge in [0.05, 0.1) is 13.4 Å². The Labute approximate surface area is 181 Å². The number of carbonyl (C=O) groups excluding carboxylic acids is 1. The third-order valence-electron chi connectivity index (χ3n) is 5.21.